The molecule has 0 spiro atoms. The van der Waals surface area contributed by atoms with Crippen LogP contribution in [0.3, 0.4) is 0 Å². The Morgan fingerprint density at radius 2 is 1.72 bits per heavy atom. The number of nitrogens with zero attached hydrogens (tertiary/aromatic N) is 2. The van der Waals surface area contributed by atoms with Gasteiger partial charge >= 0.3 is 6.18 Å². The van der Waals surface area contributed by atoms with Crippen molar-refractivity contribution >= 4 is 16.6 Å². The first kappa shape index (κ1) is 19.1. The Kier molecular flexibility index (Phi) is 5.25. The number of halogens is 3. The molecular formula is C23H20F3N3. The highest BCUT2D eigenvalue weighted by Crippen LogP contribution is 2.30. The smallest absolute Gasteiger partial charge is 0.385 e. The molecule has 1 N–H and O–H groups in total. The molecule has 0 aliphatic heterocycles. The quantitative estimate of drug-likeness (QED) is 0.450. The number of rotatable bonds is 6. The van der Waals surface area contributed by atoms with Gasteiger partial charge in [-0.3, -0.25) is 4.98 Å². The van der Waals surface area contributed by atoms with Gasteiger partial charge in [-0.05, 0) is 47.9 Å². The van der Waals surface area contributed by atoms with E-state index >= 15 is 0 Å². The molecule has 0 unspecified atom stereocenters. The molecule has 0 radical (unpaired) electrons. The molecule has 0 fully saturated rings. The average Bonchev–Trinajstić information content (AvgIpc) is 3.06. The molecule has 0 saturated heterocycles. The molecule has 2 heterocycles. The average molecular weight is 395 g/mol. The van der Waals surface area contributed by atoms with Crippen molar-refractivity contribution in [2.24, 2.45) is 0 Å². The van der Waals surface area contributed by atoms with Crippen molar-refractivity contribution < 1.29 is 13.2 Å². The van der Waals surface area contributed by atoms with Gasteiger partial charge in [0.05, 0.1) is 5.56 Å². The Balaban J connectivity index is 1.56. The van der Waals surface area contributed by atoms with Crippen LogP contribution < -0.4 is 5.32 Å². The van der Waals surface area contributed by atoms with E-state index in [1.54, 1.807) is 18.5 Å². The van der Waals surface area contributed by atoms with E-state index in [9.17, 15) is 13.2 Å². The van der Waals surface area contributed by atoms with Gasteiger partial charge in [0.25, 0.3) is 0 Å². The third-order valence-electron chi connectivity index (χ3n) is 4.88. The zero-order chi connectivity index (χ0) is 20.3. The number of aromatic nitrogens is 2. The summed E-state index contributed by atoms with van der Waals surface area (Å²) in [6.45, 7) is 1.14. The summed E-state index contributed by atoms with van der Waals surface area (Å²) in [6.07, 6.45) is 1.99. The number of para-hydroxylation sites is 1. The zero-order valence-corrected chi connectivity index (χ0v) is 15.7. The summed E-state index contributed by atoms with van der Waals surface area (Å²) in [6, 6.07) is 17.3. The molecule has 0 aliphatic rings. The van der Waals surface area contributed by atoms with Gasteiger partial charge in [0.15, 0.2) is 0 Å². The number of fused-ring (bicyclic) bond motifs is 1. The summed E-state index contributed by atoms with van der Waals surface area (Å²) in [5.41, 5.74) is 3.20. The van der Waals surface area contributed by atoms with E-state index in [2.05, 4.69) is 16.4 Å². The van der Waals surface area contributed by atoms with Crippen LogP contribution >= 0.6 is 0 Å². The summed E-state index contributed by atoms with van der Waals surface area (Å²) >= 11 is 0. The maximum Gasteiger partial charge on any atom is 0.416 e. The third kappa shape index (κ3) is 4.42. The molecule has 2 aromatic carbocycles. The highest BCUT2D eigenvalue weighted by atomic mass is 19.4. The normalized spacial score (nSPS) is 11.7. The lowest BCUT2D eigenvalue weighted by Gasteiger charge is -2.10. The van der Waals surface area contributed by atoms with Crippen molar-refractivity contribution in [3.05, 3.63) is 95.9 Å². The van der Waals surface area contributed by atoms with Crippen LogP contribution in [0.2, 0.25) is 0 Å². The fourth-order valence-electron chi connectivity index (χ4n) is 3.51. The van der Waals surface area contributed by atoms with Crippen molar-refractivity contribution in [2.75, 3.05) is 11.9 Å². The molecule has 0 amide bonds. The minimum atomic E-state index is -4.33. The molecule has 0 bridgehead atoms. The predicted molar refractivity (Wildman–Crippen MR) is 109 cm³/mol. The van der Waals surface area contributed by atoms with Gasteiger partial charge in [-0.2, -0.15) is 13.2 Å². The first-order chi connectivity index (χ1) is 14.0. The number of pyridine rings is 1. The largest absolute Gasteiger partial charge is 0.416 e. The highest BCUT2D eigenvalue weighted by molar-refractivity contribution is 5.84. The number of hydrogen-bond acceptors (Lipinski definition) is 2. The second-order valence-electron chi connectivity index (χ2n) is 6.91. The lowest BCUT2D eigenvalue weighted by Crippen LogP contribution is -2.06. The van der Waals surface area contributed by atoms with E-state index < -0.39 is 11.7 Å². The van der Waals surface area contributed by atoms with Crippen molar-refractivity contribution in [3.63, 3.8) is 0 Å². The molecule has 3 nitrogen and oxygen atoms in total. The van der Waals surface area contributed by atoms with Crippen LogP contribution in [0.25, 0.3) is 10.9 Å². The van der Waals surface area contributed by atoms with Crippen LogP contribution in [0.4, 0.5) is 18.9 Å². The second-order valence-corrected chi connectivity index (χ2v) is 6.91. The SMILES string of the molecule is FC(F)(F)c1cccc(Cn2cc(CCNc3ccncc3)c3ccccc32)c1. The van der Waals surface area contributed by atoms with Gasteiger partial charge in [0.1, 0.15) is 0 Å². The van der Waals surface area contributed by atoms with E-state index in [-0.39, 0.29) is 0 Å². The lowest BCUT2D eigenvalue weighted by molar-refractivity contribution is -0.137. The fourth-order valence-corrected chi connectivity index (χ4v) is 3.51. The van der Waals surface area contributed by atoms with E-state index in [1.165, 1.54) is 12.1 Å². The van der Waals surface area contributed by atoms with Gasteiger partial charge in [0.2, 0.25) is 0 Å². The number of nitrogens with one attached hydrogen (secondary N) is 1. The molecule has 0 aliphatic carbocycles. The minimum absolute atomic E-state index is 0.391. The van der Waals surface area contributed by atoms with Crippen molar-refractivity contribution in [3.8, 4) is 0 Å². The summed E-state index contributed by atoms with van der Waals surface area (Å²) in [5, 5.41) is 4.49. The summed E-state index contributed by atoms with van der Waals surface area (Å²) < 4.78 is 41.1. The molecular weight excluding hydrogens is 375 g/mol. The maximum absolute atomic E-state index is 13.0. The highest BCUT2D eigenvalue weighted by Gasteiger charge is 2.30. The van der Waals surface area contributed by atoms with Gasteiger partial charge in [-0.25, -0.2) is 0 Å². The fraction of sp³-hybridized carbons (Fsp3) is 0.174. The van der Waals surface area contributed by atoms with Crippen LogP contribution in [-0.4, -0.2) is 16.1 Å². The van der Waals surface area contributed by atoms with Crippen LogP contribution in [0.1, 0.15) is 16.7 Å². The molecule has 0 saturated carbocycles. The van der Waals surface area contributed by atoms with Gasteiger partial charge in [0, 0.05) is 48.3 Å². The van der Waals surface area contributed by atoms with Crippen molar-refractivity contribution in [2.45, 2.75) is 19.1 Å². The number of alkyl halides is 3. The Morgan fingerprint density at radius 3 is 2.52 bits per heavy atom. The van der Waals surface area contributed by atoms with Gasteiger partial charge in [-0.15, -0.1) is 0 Å². The molecule has 6 heteroatoms. The summed E-state index contributed by atoms with van der Waals surface area (Å²) in [5.74, 6) is 0. The molecule has 29 heavy (non-hydrogen) atoms. The number of anilines is 1. The van der Waals surface area contributed by atoms with Crippen molar-refractivity contribution in [1.82, 2.24) is 9.55 Å². The second kappa shape index (κ2) is 7.99. The van der Waals surface area contributed by atoms with Gasteiger partial charge in [-0.1, -0.05) is 30.3 Å². The molecule has 4 rings (SSSR count). The van der Waals surface area contributed by atoms with E-state index in [0.717, 1.165) is 41.2 Å². The zero-order valence-electron chi connectivity index (χ0n) is 15.7. The number of hydrogen-bond donors (Lipinski definition) is 1. The first-order valence-electron chi connectivity index (χ1n) is 9.37. The van der Waals surface area contributed by atoms with Crippen LogP contribution in [0, 0.1) is 0 Å². The Hall–Kier alpha value is -3.28. The molecule has 148 valence electrons. The Labute approximate surface area is 166 Å². The number of benzene rings is 2. The molecule has 0 atom stereocenters. The van der Waals surface area contributed by atoms with E-state index in [1.807, 2.05) is 41.1 Å². The van der Waals surface area contributed by atoms with Gasteiger partial charge < -0.3 is 9.88 Å². The molecule has 4 aromatic rings. The monoisotopic (exact) mass is 395 g/mol. The summed E-state index contributed by atoms with van der Waals surface area (Å²) in [7, 11) is 0. The first-order valence-corrected chi connectivity index (χ1v) is 9.37. The Morgan fingerprint density at radius 1 is 0.931 bits per heavy atom. The van der Waals surface area contributed by atoms with E-state index in [0.29, 0.717) is 12.1 Å². The summed E-state index contributed by atoms with van der Waals surface area (Å²) in [4.78, 5) is 4.00. The van der Waals surface area contributed by atoms with E-state index in [4.69, 9.17) is 0 Å². The lowest BCUT2D eigenvalue weighted by atomic mass is 10.1. The predicted octanol–water partition coefficient (Wildman–Crippen LogP) is 5.76. The minimum Gasteiger partial charge on any atom is -0.385 e. The Bertz CT molecular complexity index is 1100. The van der Waals surface area contributed by atoms with Crippen molar-refractivity contribution in [1.29, 1.82) is 0 Å². The molecule has 2 aromatic heterocycles. The third-order valence-corrected chi connectivity index (χ3v) is 4.88. The maximum atomic E-state index is 13.0. The van der Waals surface area contributed by atoms with Crippen LogP contribution in [0.5, 0.6) is 0 Å². The topological polar surface area (TPSA) is 29.9 Å². The van der Waals surface area contributed by atoms with Crippen LogP contribution in [-0.2, 0) is 19.1 Å². The standard InChI is InChI=1S/C23H20F3N3/c24-23(25,26)19-5-3-4-17(14-19)15-29-16-18(21-6-1-2-7-22(21)29)8-13-28-20-9-11-27-12-10-20/h1-7,9-12,14,16H,8,13,15H2,(H,27,28). The van der Waals surface area contributed by atoms with Crippen LogP contribution in [0.15, 0.2) is 79.3 Å².